The number of amides is 1. The Morgan fingerprint density at radius 3 is 2.50 bits per heavy atom. The maximum atomic E-state index is 11.2. The first-order valence-electron chi connectivity index (χ1n) is 5.98. The Labute approximate surface area is 98.7 Å². The SMILES string of the molecule is CC(C)COCCCNC(=O)COC(C)C. The predicted octanol–water partition coefficient (Wildman–Crippen LogP) is 1.59. The Morgan fingerprint density at radius 1 is 1.25 bits per heavy atom. The first kappa shape index (κ1) is 15.4. The molecule has 0 saturated carbocycles. The summed E-state index contributed by atoms with van der Waals surface area (Å²) in [7, 11) is 0. The van der Waals surface area contributed by atoms with Crippen molar-refractivity contribution in [3.8, 4) is 0 Å². The number of nitrogens with one attached hydrogen (secondary N) is 1. The Kier molecular flexibility index (Phi) is 9.24. The van der Waals surface area contributed by atoms with E-state index in [9.17, 15) is 4.79 Å². The average molecular weight is 231 g/mol. The first-order valence-corrected chi connectivity index (χ1v) is 5.98. The molecule has 1 N–H and O–H groups in total. The zero-order valence-corrected chi connectivity index (χ0v) is 10.9. The van der Waals surface area contributed by atoms with Crippen LogP contribution in [0.15, 0.2) is 0 Å². The molecule has 0 aromatic rings. The molecule has 0 heterocycles. The van der Waals surface area contributed by atoms with Gasteiger partial charge in [0.05, 0.1) is 6.10 Å². The van der Waals surface area contributed by atoms with Crippen LogP contribution in [0.4, 0.5) is 0 Å². The lowest BCUT2D eigenvalue weighted by Gasteiger charge is -2.09. The van der Waals surface area contributed by atoms with Gasteiger partial charge in [-0.3, -0.25) is 4.79 Å². The highest BCUT2D eigenvalue weighted by Crippen LogP contribution is 1.93. The van der Waals surface area contributed by atoms with E-state index >= 15 is 0 Å². The molecule has 16 heavy (non-hydrogen) atoms. The van der Waals surface area contributed by atoms with Crippen molar-refractivity contribution in [1.82, 2.24) is 5.32 Å². The maximum Gasteiger partial charge on any atom is 0.246 e. The number of carbonyl (C=O) groups is 1. The molecule has 0 bridgehead atoms. The van der Waals surface area contributed by atoms with Gasteiger partial charge in [0.25, 0.3) is 0 Å². The number of carbonyl (C=O) groups excluding carboxylic acids is 1. The van der Waals surface area contributed by atoms with Gasteiger partial charge in [-0.05, 0) is 26.2 Å². The highest BCUT2D eigenvalue weighted by atomic mass is 16.5. The van der Waals surface area contributed by atoms with E-state index < -0.39 is 0 Å². The fourth-order valence-corrected chi connectivity index (χ4v) is 1.01. The second kappa shape index (κ2) is 9.60. The number of hydrogen-bond acceptors (Lipinski definition) is 3. The largest absolute Gasteiger partial charge is 0.381 e. The van der Waals surface area contributed by atoms with Gasteiger partial charge in [-0.15, -0.1) is 0 Å². The Morgan fingerprint density at radius 2 is 1.94 bits per heavy atom. The molecule has 96 valence electrons. The van der Waals surface area contributed by atoms with Crippen LogP contribution in [0.25, 0.3) is 0 Å². The van der Waals surface area contributed by atoms with Crippen LogP contribution in [0, 0.1) is 5.92 Å². The summed E-state index contributed by atoms with van der Waals surface area (Å²) in [5.41, 5.74) is 0. The summed E-state index contributed by atoms with van der Waals surface area (Å²) in [6.07, 6.45) is 0.945. The van der Waals surface area contributed by atoms with Crippen molar-refractivity contribution < 1.29 is 14.3 Å². The molecule has 0 spiro atoms. The fraction of sp³-hybridized carbons (Fsp3) is 0.917. The van der Waals surface area contributed by atoms with Crippen LogP contribution in [0.1, 0.15) is 34.1 Å². The van der Waals surface area contributed by atoms with Gasteiger partial charge in [0.1, 0.15) is 6.61 Å². The van der Waals surface area contributed by atoms with E-state index in [0.29, 0.717) is 19.1 Å². The lowest BCUT2D eigenvalue weighted by molar-refractivity contribution is -0.127. The van der Waals surface area contributed by atoms with Crippen molar-refractivity contribution >= 4 is 5.91 Å². The summed E-state index contributed by atoms with van der Waals surface area (Å²) in [5, 5.41) is 2.78. The Hall–Kier alpha value is -0.610. The third-order valence-corrected chi connectivity index (χ3v) is 1.79. The number of rotatable bonds is 9. The van der Waals surface area contributed by atoms with E-state index in [1.54, 1.807) is 0 Å². The monoisotopic (exact) mass is 231 g/mol. The van der Waals surface area contributed by atoms with E-state index in [1.807, 2.05) is 13.8 Å². The van der Waals surface area contributed by atoms with Crippen LogP contribution < -0.4 is 5.32 Å². The molecule has 1 amide bonds. The molecule has 0 aromatic heterocycles. The van der Waals surface area contributed by atoms with Crippen molar-refractivity contribution in [3.63, 3.8) is 0 Å². The summed E-state index contributed by atoms with van der Waals surface area (Å²) in [5.74, 6) is 0.506. The maximum absolute atomic E-state index is 11.2. The molecule has 4 nitrogen and oxygen atoms in total. The van der Waals surface area contributed by atoms with Crippen LogP contribution in [0.3, 0.4) is 0 Å². The van der Waals surface area contributed by atoms with Gasteiger partial charge in [0.2, 0.25) is 5.91 Å². The summed E-state index contributed by atoms with van der Waals surface area (Å²) >= 11 is 0. The Balaban J connectivity index is 3.21. The Bertz CT molecular complexity index is 181. The third kappa shape index (κ3) is 11.5. The van der Waals surface area contributed by atoms with Gasteiger partial charge in [-0.1, -0.05) is 13.8 Å². The fourth-order valence-electron chi connectivity index (χ4n) is 1.01. The molecular weight excluding hydrogens is 206 g/mol. The standard InChI is InChI=1S/C12H25NO3/c1-10(2)8-15-7-5-6-13-12(14)9-16-11(3)4/h10-11H,5-9H2,1-4H3,(H,13,14). The molecule has 0 radical (unpaired) electrons. The number of ether oxygens (including phenoxy) is 2. The lowest BCUT2D eigenvalue weighted by atomic mass is 10.2. The van der Waals surface area contributed by atoms with Crippen molar-refractivity contribution in [2.45, 2.75) is 40.2 Å². The smallest absolute Gasteiger partial charge is 0.246 e. The molecule has 0 aliphatic carbocycles. The molecule has 0 atom stereocenters. The van der Waals surface area contributed by atoms with E-state index in [1.165, 1.54) is 0 Å². The summed E-state index contributed by atoms with van der Waals surface area (Å²) < 4.78 is 10.6. The van der Waals surface area contributed by atoms with Crippen LogP contribution in [-0.4, -0.2) is 38.4 Å². The molecular formula is C12H25NO3. The van der Waals surface area contributed by atoms with Crippen molar-refractivity contribution in [1.29, 1.82) is 0 Å². The van der Waals surface area contributed by atoms with E-state index in [2.05, 4.69) is 19.2 Å². The van der Waals surface area contributed by atoms with E-state index in [-0.39, 0.29) is 18.6 Å². The van der Waals surface area contributed by atoms with Crippen molar-refractivity contribution in [3.05, 3.63) is 0 Å². The molecule has 0 rings (SSSR count). The van der Waals surface area contributed by atoms with Gasteiger partial charge in [-0.25, -0.2) is 0 Å². The van der Waals surface area contributed by atoms with Gasteiger partial charge >= 0.3 is 0 Å². The summed E-state index contributed by atoms with van der Waals surface area (Å²) in [4.78, 5) is 11.2. The van der Waals surface area contributed by atoms with Crippen LogP contribution in [-0.2, 0) is 14.3 Å². The minimum Gasteiger partial charge on any atom is -0.381 e. The van der Waals surface area contributed by atoms with Gasteiger partial charge in [0, 0.05) is 19.8 Å². The highest BCUT2D eigenvalue weighted by Gasteiger charge is 2.02. The third-order valence-electron chi connectivity index (χ3n) is 1.79. The highest BCUT2D eigenvalue weighted by molar-refractivity contribution is 5.77. The average Bonchev–Trinajstić information content (AvgIpc) is 2.19. The summed E-state index contributed by atoms with van der Waals surface area (Å²) in [6, 6.07) is 0. The first-order chi connectivity index (χ1) is 7.52. The van der Waals surface area contributed by atoms with Crippen LogP contribution in [0.5, 0.6) is 0 Å². The minimum atomic E-state index is -0.0578. The molecule has 0 saturated heterocycles. The second-order valence-corrected chi connectivity index (χ2v) is 4.53. The molecule has 0 aromatic carbocycles. The van der Waals surface area contributed by atoms with Gasteiger partial charge in [0.15, 0.2) is 0 Å². The zero-order chi connectivity index (χ0) is 12.4. The topological polar surface area (TPSA) is 47.6 Å². The normalized spacial score (nSPS) is 11.1. The molecule has 4 heteroatoms. The molecule has 0 aliphatic heterocycles. The van der Waals surface area contributed by atoms with Gasteiger partial charge in [-0.2, -0.15) is 0 Å². The molecule has 0 aliphatic rings. The second-order valence-electron chi connectivity index (χ2n) is 4.53. The van der Waals surface area contributed by atoms with E-state index in [4.69, 9.17) is 9.47 Å². The van der Waals surface area contributed by atoms with Gasteiger partial charge < -0.3 is 14.8 Å². The minimum absolute atomic E-state index is 0.0578. The lowest BCUT2D eigenvalue weighted by Crippen LogP contribution is -2.30. The van der Waals surface area contributed by atoms with E-state index in [0.717, 1.165) is 13.0 Å². The quantitative estimate of drug-likeness (QED) is 0.613. The van der Waals surface area contributed by atoms with Crippen molar-refractivity contribution in [2.75, 3.05) is 26.4 Å². The molecule has 0 unspecified atom stereocenters. The zero-order valence-electron chi connectivity index (χ0n) is 10.9. The predicted molar refractivity (Wildman–Crippen MR) is 64.4 cm³/mol. The summed E-state index contributed by atoms with van der Waals surface area (Å²) in [6.45, 7) is 10.3. The number of hydrogen-bond donors (Lipinski definition) is 1. The van der Waals surface area contributed by atoms with Crippen LogP contribution in [0.2, 0.25) is 0 Å². The molecule has 0 fully saturated rings. The van der Waals surface area contributed by atoms with Crippen LogP contribution >= 0.6 is 0 Å². The van der Waals surface area contributed by atoms with Crippen molar-refractivity contribution in [2.24, 2.45) is 5.92 Å².